The summed E-state index contributed by atoms with van der Waals surface area (Å²) in [6.45, 7) is 0. The van der Waals surface area contributed by atoms with Crippen LogP contribution in [0.4, 0.5) is 11.6 Å². The van der Waals surface area contributed by atoms with Crippen LogP contribution >= 0.6 is 0 Å². The molecule has 0 amide bonds. The maximum absolute atomic E-state index is 5.44. The highest BCUT2D eigenvalue weighted by molar-refractivity contribution is 5.86. The molecule has 0 radical (unpaired) electrons. The third kappa shape index (κ3) is 2.21. The first kappa shape index (κ1) is 15.9. The lowest BCUT2D eigenvalue weighted by Crippen LogP contribution is -2.42. The Hall–Kier alpha value is -4.14. The molecule has 2 aliphatic rings. The van der Waals surface area contributed by atoms with Crippen LogP contribution in [0.25, 0.3) is 11.4 Å². The second-order valence-electron chi connectivity index (χ2n) is 6.70. The number of anilines is 2. The van der Waals surface area contributed by atoms with Crippen LogP contribution in [0, 0.1) is 0 Å². The molecule has 1 atom stereocenters. The zero-order valence-corrected chi connectivity index (χ0v) is 15.5. The zero-order valence-electron chi connectivity index (χ0n) is 15.5. The second-order valence-corrected chi connectivity index (χ2v) is 6.70. The molecule has 0 spiro atoms. The molecule has 1 unspecified atom stereocenters. The number of hydrazine groups is 1. The van der Waals surface area contributed by atoms with Crippen molar-refractivity contribution in [3.05, 3.63) is 72.8 Å². The van der Waals surface area contributed by atoms with Crippen molar-refractivity contribution in [3.8, 4) is 17.1 Å². The van der Waals surface area contributed by atoms with E-state index < -0.39 is 0 Å². The average Bonchev–Trinajstić information content (AvgIpc) is 3.52. The van der Waals surface area contributed by atoms with E-state index in [-0.39, 0.29) is 6.17 Å². The number of hydrogen-bond donors (Lipinski definition) is 0. The summed E-state index contributed by atoms with van der Waals surface area (Å²) >= 11 is 0. The summed E-state index contributed by atoms with van der Waals surface area (Å²) in [4.78, 5) is 9.08. The number of fused-ring (bicyclic) bond motifs is 6. The normalized spacial score (nSPS) is 16.5. The summed E-state index contributed by atoms with van der Waals surface area (Å²) in [5.74, 6) is 2.29. The number of para-hydroxylation sites is 3. The number of nitrogens with zero attached hydrogens (tertiary/aromatic N) is 8. The molecule has 0 fully saturated rings. The van der Waals surface area contributed by atoms with Crippen molar-refractivity contribution in [2.45, 2.75) is 6.17 Å². The fraction of sp³-hybridized carbons (Fsp3) is 0.100. The van der Waals surface area contributed by atoms with E-state index in [2.05, 4.69) is 37.0 Å². The van der Waals surface area contributed by atoms with E-state index in [1.807, 2.05) is 60.1 Å². The molecule has 142 valence electrons. The monoisotopic (exact) mass is 384 g/mol. The van der Waals surface area contributed by atoms with Crippen molar-refractivity contribution >= 4 is 18.0 Å². The molecule has 2 aliphatic heterocycles. The molecule has 4 aromatic rings. The first-order valence-electron chi connectivity index (χ1n) is 9.14. The molecule has 29 heavy (non-hydrogen) atoms. The Labute approximate surface area is 166 Å². The fourth-order valence-corrected chi connectivity index (χ4v) is 3.85. The van der Waals surface area contributed by atoms with Crippen molar-refractivity contribution in [3.63, 3.8) is 0 Å². The van der Waals surface area contributed by atoms with E-state index in [4.69, 9.17) is 9.73 Å². The van der Waals surface area contributed by atoms with Gasteiger partial charge in [-0.25, -0.2) is 24.7 Å². The number of methoxy groups -OCH3 is 1. The van der Waals surface area contributed by atoms with E-state index in [9.17, 15) is 0 Å². The summed E-state index contributed by atoms with van der Waals surface area (Å²) in [7, 11) is 1.64. The lowest BCUT2D eigenvalue weighted by atomic mass is 10.1. The van der Waals surface area contributed by atoms with Gasteiger partial charge in [-0.15, -0.1) is 5.10 Å². The van der Waals surface area contributed by atoms with Crippen LogP contribution in [-0.2, 0) is 0 Å². The molecular formula is C20H16N8O. The van der Waals surface area contributed by atoms with Gasteiger partial charge in [0.1, 0.15) is 24.1 Å². The molecule has 0 saturated heterocycles. The standard InChI is InChI=1S/C20H16N8O/c1-29-17-9-5-4-8-16(17)26-11-18(23-24-26)27-13-22-20-14-6-2-3-7-15(14)25-12-21-10-19(25)28(20)27/h2-13,20H,1H3. The van der Waals surface area contributed by atoms with E-state index in [1.165, 1.54) is 0 Å². The third-order valence-electron chi connectivity index (χ3n) is 5.16. The summed E-state index contributed by atoms with van der Waals surface area (Å²) in [6.07, 6.45) is 7.10. The van der Waals surface area contributed by atoms with Gasteiger partial charge in [0.25, 0.3) is 0 Å². The molecule has 0 saturated carbocycles. The van der Waals surface area contributed by atoms with Gasteiger partial charge in [0.05, 0.1) is 25.2 Å². The van der Waals surface area contributed by atoms with Crippen LogP contribution in [0.2, 0.25) is 0 Å². The number of hydrogen-bond acceptors (Lipinski definition) is 7. The Morgan fingerprint density at radius 3 is 2.72 bits per heavy atom. The highest BCUT2D eigenvalue weighted by Gasteiger charge is 2.39. The summed E-state index contributed by atoms with van der Waals surface area (Å²) in [5, 5.41) is 12.6. The Morgan fingerprint density at radius 1 is 1.00 bits per heavy atom. The van der Waals surface area contributed by atoms with E-state index in [0.29, 0.717) is 5.82 Å². The van der Waals surface area contributed by atoms with Crippen LogP contribution in [0.3, 0.4) is 0 Å². The highest BCUT2D eigenvalue weighted by atomic mass is 16.5. The molecule has 9 heteroatoms. The molecule has 2 aromatic carbocycles. The van der Waals surface area contributed by atoms with E-state index in [1.54, 1.807) is 18.1 Å². The van der Waals surface area contributed by atoms with Crippen LogP contribution in [0.5, 0.6) is 5.75 Å². The minimum atomic E-state index is -0.174. The van der Waals surface area contributed by atoms with Crippen molar-refractivity contribution in [2.24, 2.45) is 4.99 Å². The van der Waals surface area contributed by atoms with Gasteiger partial charge in [-0.1, -0.05) is 35.5 Å². The van der Waals surface area contributed by atoms with Gasteiger partial charge >= 0.3 is 0 Å². The number of rotatable bonds is 3. The first-order chi connectivity index (χ1) is 14.3. The number of aromatic nitrogens is 5. The predicted octanol–water partition coefficient (Wildman–Crippen LogP) is 2.74. The average molecular weight is 384 g/mol. The molecule has 0 bridgehead atoms. The number of aliphatic imine (C=N–C) groups is 1. The maximum atomic E-state index is 5.44. The Kier molecular flexibility index (Phi) is 3.25. The van der Waals surface area contributed by atoms with Crippen molar-refractivity contribution in [2.75, 3.05) is 17.1 Å². The number of ether oxygens (including phenoxy) is 1. The molecule has 0 N–H and O–H groups in total. The van der Waals surface area contributed by atoms with Gasteiger partial charge in [0.15, 0.2) is 17.8 Å². The van der Waals surface area contributed by atoms with Crippen molar-refractivity contribution in [1.82, 2.24) is 24.5 Å². The number of benzene rings is 2. The minimum absolute atomic E-state index is 0.174. The van der Waals surface area contributed by atoms with E-state index in [0.717, 1.165) is 28.5 Å². The van der Waals surface area contributed by atoms with Crippen molar-refractivity contribution < 1.29 is 4.74 Å². The lowest BCUT2D eigenvalue weighted by Gasteiger charge is -2.36. The smallest absolute Gasteiger partial charge is 0.195 e. The van der Waals surface area contributed by atoms with Gasteiger partial charge in [-0.2, -0.15) is 0 Å². The molecule has 2 aromatic heterocycles. The van der Waals surface area contributed by atoms with Gasteiger partial charge in [0.2, 0.25) is 0 Å². The van der Waals surface area contributed by atoms with Gasteiger partial charge in [0, 0.05) is 5.56 Å². The molecular weight excluding hydrogens is 368 g/mol. The highest BCUT2D eigenvalue weighted by Crippen LogP contribution is 2.42. The Balaban J connectivity index is 1.42. The lowest BCUT2D eigenvalue weighted by molar-refractivity contribution is 0.411. The van der Waals surface area contributed by atoms with Gasteiger partial charge < -0.3 is 4.74 Å². The zero-order chi connectivity index (χ0) is 19.4. The van der Waals surface area contributed by atoms with E-state index >= 15 is 0 Å². The van der Waals surface area contributed by atoms with Gasteiger partial charge in [-0.05, 0) is 18.2 Å². The molecule has 6 rings (SSSR count). The fourth-order valence-electron chi connectivity index (χ4n) is 3.85. The van der Waals surface area contributed by atoms with Gasteiger partial charge in [-0.3, -0.25) is 4.57 Å². The van der Waals surface area contributed by atoms with Crippen molar-refractivity contribution in [1.29, 1.82) is 0 Å². The molecule has 9 nitrogen and oxygen atoms in total. The van der Waals surface area contributed by atoms with Crippen LogP contribution < -0.4 is 14.8 Å². The number of imidazole rings is 1. The quantitative estimate of drug-likeness (QED) is 0.541. The van der Waals surface area contributed by atoms with Crippen LogP contribution in [-0.4, -0.2) is 38.0 Å². The predicted molar refractivity (Wildman–Crippen MR) is 108 cm³/mol. The summed E-state index contributed by atoms with van der Waals surface area (Å²) in [5.41, 5.74) is 3.00. The molecule has 0 aliphatic carbocycles. The second kappa shape index (κ2) is 5.93. The Morgan fingerprint density at radius 2 is 1.83 bits per heavy atom. The third-order valence-corrected chi connectivity index (χ3v) is 5.16. The Bertz CT molecular complexity index is 1240. The SMILES string of the molecule is COc1ccccc1-n1cc(N2C=NC3c4ccccc4-n4cncc4N32)nn1. The maximum Gasteiger partial charge on any atom is 0.195 e. The van der Waals surface area contributed by atoms with Crippen LogP contribution in [0.1, 0.15) is 11.7 Å². The topological polar surface area (TPSA) is 76.6 Å². The minimum Gasteiger partial charge on any atom is -0.494 e. The summed E-state index contributed by atoms with van der Waals surface area (Å²) in [6, 6.07) is 15.9. The summed E-state index contributed by atoms with van der Waals surface area (Å²) < 4.78 is 9.20. The molecule has 4 heterocycles. The van der Waals surface area contributed by atoms with Crippen LogP contribution in [0.15, 0.2) is 72.2 Å². The first-order valence-corrected chi connectivity index (χ1v) is 9.14. The largest absolute Gasteiger partial charge is 0.494 e.